The normalized spacial score (nSPS) is 18.8. The van der Waals surface area contributed by atoms with E-state index in [-0.39, 0.29) is 5.54 Å². The van der Waals surface area contributed by atoms with Crippen molar-refractivity contribution >= 4 is 15.7 Å². The summed E-state index contributed by atoms with van der Waals surface area (Å²) in [4.78, 5) is 0.328. The molecule has 0 amide bonds. The first kappa shape index (κ1) is 13.4. The van der Waals surface area contributed by atoms with Crippen LogP contribution in [-0.2, 0) is 10.0 Å². The molecule has 1 aliphatic carbocycles. The average molecular weight is 268 g/mol. The van der Waals surface area contributed by atoms with Crippen molar-refractivity contribution in [2.24, 2.45) is 0 Å². The molecule has 100 valence electrons. The molecule has 1 saturated carbocycles. The lowest BCUT2D eigenvalue weighted by Gasteiger charge is -2.24. The molecule has 18 heavy (non-hydrogen) atoms. The molecule has 0 heterocycles. The van der Waals surface area contributed by atoms with Gasteiger partial charge < -0.3 is 5.32 Å². The van der Waals surface area contributed by atoms with Crippen LogP contribution in [0.3, 0.4) is 0 Å². The van der Waals surface area contributed by atoms with Gasteiger partial charge in [0.05, 0.1) is 4.90 Å². The minimum atomic E-state index is -3.40. The van der Waals surface area contributed by atoms with Crippen LogP contribution >= 0.6 is 0 Å². The zero-order valence-corrected chi connectivity index (χ0v) is 11.7. The molecule has 0 bridgehead atoms. The molecule has 1 aromatic rings. The van der Waals surface area contributed by atoms with E-state index in [1.807, 2.05) is 6.92 Å². The second-order valence-corrected chi connectivity index (χ2v) is 6.83. The number of hydrogen-bond donors (Lipinski definition) is 2. The van der Waals surface area contributed by atoms with Gasteiger partial charge in [-0.15, -0.1) is 0 Å². The SMILES string of the molecule is CNc1ccc(S(=O)(=O)NC2(C)CCCC2)cc1. The maximum atomic E-state index is 12.3. The highest BCUT2D eigenvalue weighted by Crippen LogP contribution is 2.30. The largest absolute Gasteiger partial charge is 0.388 e. The molecular weight excluding hydrogens is 248 g/mol. The number of rotatable bonds is 4. The number of hydrogen-bond acceptors (Lipinski definition) is 3. The summed E-state index contributed by atoms with van der Waals surface area (Å²) in [7, 11) is -1.60. The maximum Gasteiger partial charge on any atom is 0.241 e. The van der Waals surface area contributed by atoms with Gasteiger partial charge in [-0.1, -0.05) is 12.8 Å². The fourth-order valence-electron chi connectivity index (χ4n) is 2.44. The lowest BCUT2D eigenvalue weighted by Crippen LogP contribution is -2.43. The molecule has 0 aliphatic heterocycles. The standard InChI is InChI=1S/C13H20N2O2S/c1-13(9-3-4-10-13)15-18(16,17)12-7-5-11(14-2)6-8-12/h5-8,14-15H,3-4,9-10H2,1-2H3. The van der Waals surface area contributed by atoms with E-state index in [9.17, 15) is 8.42 Å². The van der Waals surface area contributed by atoms with Crippen molar-refractivity contribution in [3.8, 4) is 0 Å². The Hall–Kier alpha value is -1.07. The van der Waals surface area contributed by atoms with Crippen molar-refractivity contribution in [3.63, 3.8) is 0 Å². The topological polar surface area (TPSA) is 58.2 Å². The van der Waals surface area contributed by atoms with Crippen LogP contribution in [0.5, 0.6) is 0 Å². The zero-order valence-electron chi connectivity index (χ0n) is 10.9. The van der Waals surface area contributed by atoms with E-state index < -0.39 is 10.0 Å². The summed E-state index contributed by atoms with van der Waals surface area (Å²) in [6.07, 6.45) is 4.02. The van der Waals surface area contributed by atoms with Crippen LogP contribution in [0.25, 0.3) is 0 Å². The molecule has 0 unspecified atom stereocenters. The van der Waals surface area contributed by atoms with Crippen molar-refractivity contribution in [1.82, 2.24) is 4.72 Å². The number of benzene rings is 1. The smallest absolute Gasteiger partial charge is 0.241 e. The van der Waals surface area contributed by atoms with Crippen LogP contribution in [0.1, 0.15) is 32.6 Å². The summed E-state index contributed by atoms with van der Waals surface area (Å²) in [5, 5.41) is 2.97. The fourth-order valence-corrected chi connectivity index (χ4v) is 3.91. The molecule has 0 saturated heterocycles. The molecule has 1 aromatic carbocycles. The van der Waals surface area contributed by atoms with E-state index in [2.05, 4.69) is 10.0 Å². The van der Waals surface area contributed by atoms with Gasteiger partial charge in [-0.3, -0.25) is 0 Å². The van der Waals surface area contributed by atoms with Crippen LogP contribution in [0.4, 0.5) is 5.69 Å². The highest BCUT2D eigenvalue weighted by atomic mass is 32.2. The first-order valence-corrected chi connectivity index (χ1v) is 7.75. The Labute approximate surface area is 109 Å². The molecule has 0 radical (unpaired) electrons. The number of anilines is 1. The van der Waals surface area contributed by atoms with Crippen LogP contribution in [0.2, 0.25) is 0 Å². The highest BCUT2D eigenvalue weighted by Gasteiger charge is 2.33. The molecule has 2 N–H and O–H groups in total. The minimum Gasteiger partial charge on any atom is -0.388 e. The lowest BCUT2D eigenvalue weighted by molar-refractivity contribution is 0.427. The Morgan fingerprint density at radius 1 is 1.11 bits per heavy atom. The fraction of sp³-hybridized carbons (Fsp3) is 0.538. The predicted molar refractivity (Wildman–Crippen MR) is 73.2 cm³/mol. The Morgan fingerprint density at radius 2 is 1.67 bits per heavy atom. The second kappa shape index (κ2) is 4.90. The third kappa shape index (κ3) is 2.84. The van der Waals surface area contributed by atoms with Gasteiger partial charge in [0, 0.05) is 18.3 Å². The van der Waals surface area contributed by atoms with E-state index in [0.717, 1.165) is 31.4 Å². The van der Waals surface area contributed by atoms with Gasteiger partial charge in [-0.2, -0.15) is 0 Å². The molecule has 4 nitrogen and oxygen atoms in total. The van der Waals surface area contributed by atoms with Crippen molar-refractivity contribution in [2.75, 3.05) is 12.4 Å². The lowest BCUT2D eigenvalue weighted by atomic mass is 10.0. The van der Waals surface area contributed by atoms with Crippen LogP contribution in [-0.4, -0.2) is 21.0 Å². The van der Waals surface area contributed by atoms with E-state index in [0.29, 0.717) is 4.90 Å². The van der Waals surface area contributed by atoms with Gasteiger partial charge in [0.15, 0.2) is 0 Å². The molecular formula is C13H20N2O2S. The molecule has 0 aromatic heterocycles. The van der Waals surface area contributed by atoms with E-state index in [1.165, 1.54) is 0 Å². The summed E-state index contributed by atoms with van der Waals surface area (Å²) in [5.74, 6) is 0. The average Bonchev–Trinajstić information content (AvgIpc) is 2.75. The minimum absolute atomic E-state index is 0.277. The third-order valence-corrected chi connectivity index (χ3v) is 5.20. The second-order valence-electron chi connectivity index (χ2n) is 5.15. The van der Waals surface area contributed by atoms with Crippen LogP contribution in [0, 0.1) is 0 Å². The number of sulfonamides is 1. The van der Waals surface area contributed by atoms with Gasteiger partial charge >= 0.3 is 0 Å². The van der Waals surface area contributed by atoms with E-state index in [4.69, 9.17) is 0 Å². The van der Waals surface area contributed by atoms with Crippen molar-refractivity contribution in [2.45, 2.75) is 43.0 Å². The molecule has 1 fully saturated rings. The summed E-state index contributed by atoms with van der Waals surface area (Å²) < 4.78 is 27.4. The van der Waals surface area contributed by atoms with Gasteiger partial charge in [0.25, 0.3) is 0 Å². The van der Waals surface area contributed by atoms with Gasteiger partial charge in [-0.25, -0.2) is 13.1 Å². The van der Waals surface area contributed by atoms with Gasteiger partial charge in [0.2, 0.25) is 10.0 Å². The molecule has 1 aliphatic rings. The quantitative estimate of drug-likeness (QED) is 0.881. The molecule has 5 heteroatoms. The van der Waals surface area contributed by atoms with Gasteiger partial charge in [0.1, 0.15) is 0 Å². The van der Waals surface area contributed by atoms with Crippen LogP contribution < -0.4 is 10.0 Å². The Balaban J connectivity index is 2.19. The molecule has 0 spiro atoms. The maximum absolute atomic E-state index is 12.3. The summed E-state index contributed by atoms with van der Waals surface area (Å²) in [5.41, 5.74) is 0.626. The number of nitrogens with one attached hydrogen (secondary N) is 2. The highest BCUT2D eigenvalue weighted by molar-refractivity contribution is 7.89. The first-order valence-electron chi connectivity index (χ1n) is 6.27. The van der Waals surface area contributed by atoms with Gasteiger partial charge in [-0.05, 0) is 44.0 Å². The summed E-state index contributed by atoms with van der Waals surface area (Å²) >= 11 is 0. The molecule has 2 rings (SSSR count). The van der Waals surface area contributed by atoms with Crippen molar-refractivity contribution < 1.29 is 8.42 Å². The Morgan fingerprint density at radius 3 is 2.17 bits per heavy atom. The first-order chi connectivity index (χ1) is 8.45. The molecule has 0 atom stereocenters. The Bertz CT molecular complexity index is 502. The monoisotopic (exact) mass is 268 g/mol. The van der Waals surface area contributed by atoms with Crippen LogP contribution in [0.15, 0.2) is 29.2 Å². The van der Waals surface area contributed by atoms with Crippen molar-refractivity contribution in [3.05, 3.63) is 24.3 Å². The van der Waals surface area contributed by atoms with Crippen molar-refractivity contribution in [1.29, 1.82) is 0 Å². The van der Waals surface area contributed by atoms with E-state index >= 15 is 0 Å². The summed E-state index contributed by atoms with van der Waals surface area (Å²) in [6.45, 7) is 1.99. The third-order valence-electron chi connectivity index (χ3n) is 3.54. The summed E-state index contributed by atoms with van der Waals surface area (Å²) in [6, 6.07) is 6.80. The Kier molecular flexibility index (Phi) is 3.64. The van der Waals surface area contributed by atoms with E-state index in [1.54, 1.807) is 31.3 Å². The predicted octanol–water partition coefficient (Wildman–Crippen LogP) is 2.34. The zero-order chi connectivity index (χ0) is 13.2.